The van der Waals surface area contributed by atoms with E-state index >= 15 is 0 Å². The fourth-order valence-electron chi connectivity index (χ4n) is 1.56. The molecule has 1 amide bonds. The van der Waals surface area contributed by atoms with E-state index in [1.54, 1.807) is 20.8 Å². The predicted octanol–water partition coefficient (Wildman–Crippen LogP) is 0.549. The zero-order valence-electron chi connectivity index (χ0n) is 9.77. The van der Waals surface area contributed by atoms with Crippen molar-refractivity contribution < 1.29 is 13.2 Å². The summed E-state index contributed by atoms with van der Waals surface area (Å²) in [6.45, 7) is 5.01. The lowest BCUT2D eigenvalue weighted by atomic mass is 10.2. The van der Waals surface area contributed by atoms with Gasteiger partial charge in [-0.3, -0.25) is 9.48 Å². The number of halogens is 1. The number of carbonyl (C=O) groups excluding carboxylic acids is 1. The molecule has 6 nitrogen and oxygen atoms in total. The van der Waals surface area contributed by atoms with Gasteiger partial charge in [-0.15, -0.1) is 0 Å². The number of aryl methyl sites for hydroxylation is 1. The van der Waals surface area contributed by atoms with Crippen LogP contribution in [0, 0.1) is 19.8 Å². The average Bonchev–Trinajstić information content (AvgIpc) is 2.40. The van der Waals surface area contributed by atoms with E-state index in [4.69, 9.17) is 16.4 Å². The normalized spacial score (nSPS) is 13.6. The first-order valence-electron chi connectivity index (χ1n) is 4.92. The molecule has 0 aliphatic carbocycles. The summed E-state index contributed by atoms with van der Waals surface area (Å²) in [4.78, 5) is 10.9. The highest BCUT2D eigenvalue weighted by Crippen LogP contribution is 2.23. The van der Waals surface area contributed by atoms with E-state index in [1.807, 2.05) is 0 Å². The van der Waals surface area contributed by atoms with Crippen molar-refractivity contribution in [3.05, 3.63) is 11.4 Å². The third-order valence-electron chi connectivity index (χ3n) is 2.49. The highest BCUT2D eigenvalue weighted by atomic mass is 35.7. The van der Waals surface area contributed by atoms with E-state index in [1.165, 1.54) is 4.68 Å². The van der Waals surface area contributed by atoms with Gasteiger partial charge in [-0.05, 0) is 13.8 Å². The fraction of sp³-hybridized carbons (Fsp3) is 0.556. The summed E-state index contributed by atoms with van der Waals surface area (Å²) in [5.74, 6) is -0.897. The second kappa shape index (κ2) is 4.66. The van der Waals surface area contributed by atoms with Crippen LogP contribution in [-0.2, 0) is 20.4 Å². The minimum absolute atomic E-state index is 0.00385. The highest BCUT2D eigenvalue weighted by Gasteiger charge is 2.23. The summed E-state index contributed by atoms with van der Waals surface area (Å²) in [6.07, 6.45) is 0. The minimum Gasteiger partial charge on any atom is -0.369 e. The van der Waals surface area contributed by atoms with Gasteiger partial charge in [-0.1, -0.05) is 6.92 Å². The molecule has 0 saturated heterocycles. The van der Waals surface area contributed by atoms with Crippen LogP contribution in [0.1, 0.15) is 18.3 Å². The van der Waals surface area contributed by atoms with E-state index in [0.717, 1.165) is 0 Å². The molecule has 0 fully saturated rings. The van der Waals surface area contributed by atoms with Crippen molar-refractivity contribution in [3.8, 4) is 0 Å². The Morgan fingerprint density at radius 2 is 2.06 bits per heavy atom. The number of aromatic nitrogens is 2. The summed E-state index contributed by atoms with van der Waals surface area (Å²) in [7, 11) is 1.48. The molecule has 96 valence electrons. The van der Waals surface area contributed by atoms with Crippen LogP contribution in [0.3, 0.4) is 0 Å². The minimum atomic E-state index is -3.83. The van der Waals surface area contributed by atoms with Crippen LogP contribution in [0.5, 0.6) is 0 Å². The monoisotopic (exact) mass is 279 g/mol. The number of amides is 1. The number of hydrogen-bond acceptors (Lipinski definition) is 4. The summed E-state index contributed by atoms with van der Waals surface area (Å²) < 4.78 is 24.1. The van der Waals surface area contributed by atoms with Gasteiger partial charge in [-0.2, -0.15) is 5.10 Å². The zero-order valence-corrected chi connectivity index (χ0v) is 11.3. The van der Waals surface area contributed by atoms with Gasteiger partial charge >= 0.3 is 0 Å². The van der Waals surface area contributed by atoms with Gasteiger partial charge in [0.2, 0.25) is 5.91 Å². The first kappa shape index (κ1) is 14.0. The number of rotatable bonds is 4. The maximum absolute atomic E-state index is 11.3. The van der Waals surface area contributed by atoms with Gasteiger partial charge in [0.05, 0.1) is 23.9 Å². The molecule has 8 heteroatoms. The van der Waals surface area contributed by atoms with Gasteiger partial charge in [0.25, 0.3) is 9.05 Å². The van der Waals surface area contributed by atoms with Crippen molar-refractivity contribution in [2.75, 3.05) is 0 Å². The first-order chi connectivity index (χ1) is 7.64. The Morgan fingerprint density at radius 1 is 1.53 bits per heavy atom. The van der Waals surface area contributed by atoms with Gasteiger partial charge in [0.1, 0.15) is 4.90 Å². The van der Waals surface area contributed by atoms with E-state index in [0.29, 0.717) is 11.4 Å². The Labute approximate surface area is 104 Å². The number of carbonyl (C=O) groups is 1. The van der Waals surface area contributed by atoms with Gasteiger partial charge in [0.15, 0.2) is 0 Å². The molecule has 0 spiro atoms. The third-order valence-corrected chi connectivity index (χ3v) is 4.03. The molecule has 0 aliphatic heterocycles. The van der Waals surface area contributed by atoms with Crippen LogP contribution in [0.25, 0.3) is 0 Å². The lowest BCUT2D eigenvalue weighted by Gasteiger charge is -2.08. The molecule has 1 unspecified atom stereocenters. The topological polar surface area (TPSA) is 95.1 Å². The van der Waals surface area contributed by atoms with Crippen molar-refractivity contribution in [1.82, 2.24) is 9.78 Å². The largest absolute Gasteiger partial charge is 0.369 e. The number of nitrogens with zero attached hydrogens (tertiary/aromatic N) is 2. The molecule has 1 aromatic rings. The summed E-state index contributed by atoms with van der Waals surface area (Å²) >= 11 is 0. The smallest absolute Gasteiger partial charge is 0.264 e. The average molecular weight is 280 g/mol. The maximum Gasteiger partial charge on any atom is 0.264 e. The van der Waals surface area contributed by atoms with Crippen LogP contribution in [0.15, 0.2) is 4.90 Å². The summed E-state index contributed by atoms with van der Waals surface area (Å²) in [6, 6.07) is 0. The van der Waals surface area contributed by atoms with E-state index in [-0.39, 0.29) is 11.4 Å². The van der Waals surface area contributed by atoms with Crippen molar-refractivity contribution in [3.63, 3.8) is 0 Å². The molecule has 0 aliphatic rings. The van der Waals surface area contributed by atoms with E-state index in [9.17, 15) is 13.2 Å². The van der Waals surface area contributed by atoms with Gasteiger partial charge < -0.3 is 5.73 Å². The van der Waals surface area contributed by atoms with E-state index in [2.05, 4.69) is 5.10 Å². The van der Waals surface area contributed by atoms with Gasteiger partial charge in [-0.25, -0.2) is 8.42 Å². The molecule has 17 heavy (non-hydrogen) atoms. The van der Waals surface area contributed by atoms with Crippen molar-refractivity contribution >= 4 is 25.6 Å². The van der Waals surface area contributed by atoms with Crippen molar-refractivity contribution in [2.24, 2.45) is 11.7 Å². The second-order valence-corrected chi connectivity index (χ2v) is 6.43. The number of hydrogen-bond donors (Lipinski definition) is 1. The molecule has 0 radical (unpaired) electrons. The molecule has 0 aromatic carbocycles. The molecule has 2 N–H and O–H groups in total. The van der Waals surface area contributed by atoms with Crippen LogP contribution in [0.2, 0.25) is 0 Å². The molecule has 1 rings (SSSR count). The molecular weight excluding hydrogens is 266 g/mol. The Morgan fingerprint density at radius 3 is 2.41 bits per heavy atom. The molecule has 1 atom stereocenters. The molecule has 0 bridgehead atoms. The lowest BCUT2D eigenvalue weighted by molar-refractivity contribution is -0.121. The van der Waals surface area contributed by atoms with Crippen LogP contribution in [0.4, 0.5) is 0 Å². The SMILES string of the molecule is Cc1nn(CC(C)C(N)=O)c(C)c1S(=O)(=O)Cl. The highest BCUT2D eigenvalue weighted by molar-refractivity contribution is 8.13. The zero-order chi connectivity index (χ0) is 13.4. The quantitative estimate of drug-likeness (QED) is 0.814. The molecule has 0 saturated carbocycles. The second-order valence-electron chi connectivity index (χ2n) is 3.92. The standard InChI is InChI=1S/C9H14ClN3O3S/c1-5(9(11)14)4-13-7(3)8(6(2)12-13)17(10,15)16/h5H,4H2,1-3H3,(H2,11,14). The lowest BCUT2D eigenvalue weighted by Crippen LogP contribution is -2.25. The van der Waals surface area contributed by atoms with Crippen LogP contribution in [-0.4, -0.2) is 24.1 Å². The Balaban J connectivity index is 3.18. The molecule has 1 aromatic heterocycles. The number of primary amides is 1. The Hall–Kier alpha value is -1.08. The summed E-state index contributed by atoms with van der Waals surface area (Å²) in [5.41, 5.74) is 5.86. The van der Waals surface area contributed by atoms with Crippen LogP contribution < -0.4 is 5.73 Å². The maximum atomic E-state index is 11.3. The van der Waals surface area contributed by atoms with Crippen LogP contribution >= 0.6 is 10.7 Å². The van der Waals surface area contributed by atoms with Crippen molar-refractivity contribution in [2.45, 2.75) is 32.2 Å². The predicted molar refractivity (Wildman–Crippen MR) is 63.1 cm³/mol. The first-order valence-corrected chi connectivity index (χ1v) is 7.23. The summed E-state index contributed by atoms with van der Waals surface area (Å²) in [5, 5.41) is 4.04. The van der Waals surface area contributed by atoms with E-state index < -0.39 is 20.9 Å². The third kappa shape index (κ3) is 2.98. The number of nitrogens with two attached hydrogens (primary N) is 1. The Kier molecular flexibility index (Phi) is 3.83. The fourth-order valence-corrected chi connectivity index (χ4v) is 3.08. The van der Waals surface area contributed by atoms with Gasteiger partial charge in [0, 0.05) is 10.7 Å². The molecular formula is C9H14ClN3O3S. The Bertz CT molecular complexity index is 550. The molecule has 1 heterocycles. The van der Waals surface area contributed by atoms with Crippen molar-refractivity contribution in [1.29, 1.82) is 0 Å².